The quantitative estimate of drug-likeness (QED) is 0.696. The summed E-state index contributed by atoms with van der Waals surface area (Å²) in [6.45, 7) is 0. The molecule has 0 spiro atoms. The molecule has 112 valence electrons. The van der Waals surface area contributed by atoms with Crippen LogP contribution in [0, 0.1) is 17.1 Å². The summed E-state index contributed by atoms with van der Waals surface area (Å²) in [4.78, 5) is 2.90. The largest absolute Gasteiger partial charge is 0.505 e. The number of aromatic nitrogens is 1. The Morgan fingerprint density at radius 1 is 1.04 bits per heavy atom. The molecule has 0 unspecified atom stereocenters. The summed E-state index contributed by atoms with van der Waals surface area (Å²) in [7, 11) is 0. The summed E-state index contributed by atoms with van der Waals surface area (Å²) in [5.41, 5.74) is 3.95. The van der Waals surface area contributed by atoms with Gasteiger partial charge >= 0.3 is 0 Å². The van der Waals surface area contributed by atoms with Crippen molar-refractivity contribution < 1.29 is 9.50 Å². The van der Waals surface area contributed by atoms with Crippen molar-refractivity contribution in [3.05, 3.63) is 77.4 Å². The molecular formula is C19H13FN2O. The highest BCUT2D eigenvalue weighted by Gasteiger charge is 2.05. The number of aromatic amines is 1. The van der Waals surface area contributed by atoms with Crippen LogP contribution in [-0.4, -0.2) is 10.1 Å². The fraction of sp³-hybridized carbons (Fsp3) is 0. The number of nitrogens with one attached hydrogen (secondary N) is 1. The second-order valence-electron chi connectivity index (χ2n) is 5.05. The molecule has 2 N–H and O–H groups in total. The second-order valence-corrected chi connectivity index (χ2v) is 5.05. The number of aromatic hydroxyl groups is 1. The van der Waals surface area contributed by atoms with Gasteiger partial charge in [0, 0.05) is 11.8 Å². The predicted octanol–water partition coefficient (Wildman–Crippen LogP) is 4.57. The lowest BCUT2D eigenvalue weighted by Gasteiger charge is -2.02. The van der Waals surface area contributed by atoms with E-state index in [1.54, 1.807) is 18.3 Å². The predicted molar refractivity (Wildman–Crippen MR) is 87.9 cm³/mol. The summed E-state index contributed by atoms with van der Waals surface area (Å²) >= 11 is 0. The molecule has 0 bridgehead atoms. The van der Waals surface area contributed by atoms with Gasteiger partial charge in [0.25, 0.3) is 0 Å². The average Bonchev–Trinajstić information content (AvgIpc) is 3.05. The molecule has 0 atom stereocenters. The molecule has 0 aliphatic rings. The Bertz CT molecular complexity index is 919. The van der Waals surface area contributed by atoms with Crippen LogP contribution in [0.1, 0.15) is 16.8 Å². The zero-order valence-electron chi connectivity index (χ0n) is 12.1. The second kappa shape index (κ2) is 6.20. The maximum Gasteiger partial charge on any atom is 0.164 e. The number of H-pyrrole nitrogens is 1. The highest BCUT2D eigenvalue weighted by atomic mass is 19.1. The number of nitriles is 1. The Morgan fingerprint density at radius 2 is 1.83 bits per heavy atom. The number of rotatable bonds is 3. The van der Waals surface area contributed by atoms with Gasteiger partial charge in [0.1, 0.15) is 11.8 Å². The van der Waals surface area contributed by atoms with Crippen molar-refractivity contribution in [2.45, 2.75) is 0 Å². The SMILES string of the molecule is N#Cc1[nH]ccc1-c1cccc(/C=C/c2ccc(F)c(O)c2)c1. The maximum absolute atomic E-state index is 13.0. The lowest BCUT2D eigenvalue weighted by atomic mass is 10.0. The molecule has 3 aromatic rings. The van der Waals surface area contributed by atoms with Crippen molar-refractivity contribution in [3.8, 4) is 22.9 Å². The fourth-order valence-corrected chi connectivity index (χ4v) is 2.34. The Morgan fingerprint density at radius 3 is 2.57 bits per heavy atom. The number of nitrogens with zero attached hydrogens (tertiary/aromatic N) is 1. The molecule has 0 amide bonds. The highest BCUT2D eigenvalue weighted by molar-refractivity contribution is 5.75. The summed E-state index contributed by atoms with van der Waals surface area (Å²) in [6.07, 6.45) is 5.40. The van der Waals surface area contributed by atoms with E-state index < -0.39 is 5.82 Å². The molecule has 4 heteroatoms. The molecule has 3 rings (SSSR count). The van der Waals surface area contributed by atoms with E-state index in [1.807, 2.05) is 36.4 Å². The van der Waals surface area contributed by atoms with E-state index in [1.165, 1.54) is 12.1 Å². The molecule has 23 heavy (non-hydrogen) atoms. The van der Waals surface area contributed by atoms with Crippen molar-refractivity contribution in [1.82, 2.24) is 4.98 Å². The molecule has 2 aromatic carbocycles. The number of benzene rings is 2. The zero-order chi connectivity index (χ0) is 16.2. The van der Waals surface area contributed by atoms with Crippen LogP contribution in [-0.2, 0) is 0 Å². The summed E-state index contributed by atoms with van der Waals surface area (Å²) in [5.74, 6) is -1.01. The van der Waals surface area contributed by atoms with Crippen LogP contribution < -0.4 is 0 Å². The van der Waals surface area contributed by atoms with Crippen molar-refractivity contribution in [2.24, 2.45) is 0 Å². The smallest absolute Gasteiger partial charge is 0.164 e. The van der Waals surface area contributed by atoms with Gasteiger partial charge in [0.2, 0.25) is 0 Å². The first kappa shape index (κ1) is 14.6. The molecule has 3 nitrogen and oxygen atoms in total. The van der Waals surface area contributed by atoms with Crippen molar-refractivity contribution >= 4 is 12.2 Å². The summed E-state index contributed by atoms with van der Waals surface area (Å²) in [5, 5.41) is 18.5. The van der Waals surface area contributed by atoms with Gasteiger partial charge in [0.05, 0.1) is 0 Å². The van der Waals surface area contributed by atoms with Gasteiger partial charge in [-0.15, -0.1) is 0 Å². The van der Waals surface area contributed by atoms with E-state index >= 15 is 0 Å². The molecule has 0 aliphatic carbocycles. The first-order valence-corrected chi connectivity index (χ1v) is 7.02. The minimum Gasteiger partial charge on any atom is -0.505 e. The van der Waals surface area contributed by atoms with E-state index in [2.05, 4.69) is 11.1 Å². The van der Waals surface area contributed by atoms with Crippen LogP contribution >= 0.6 is 0 Å². The molecule has 1 heterocycles. The van der Waals surface area contributed by atoms with Gasteiger partial charge in [0.15, 0.2) is 11.6 Å². The van der Waals surface area contributed by atoms with Gasteiger partial charge in [-0.1, -0.05) is 36.4 Å². The van der Waals surface area contributed by atoms with Gasteiger partial charge in [-0.2, -0.15) is 5.26 Å². The standard InChI is InChI=1S/C19H13FN2O/c20-17-7-6-14(11-19(17)23)5-4-13-2-1-3-15(10-13)16-8-9-22-18(16)12-21/h1-11,22-23H/b5-4+. The van der Waals surface area contributed by atoms with Crippen molar-refractivity contribution in [2.75, 3.05) is 0 Å². The van der Waals surface area contributed by atoms with Crippen LogP contribution in [0.4, 0.5) is 4.39 Å². The lowest BCUT2D eigenvalue weighted by Crippen LogP contribution is -1.82. The minimum atomic E-state index is -0.638. The third-order valence-corrected chi connectivity index (χ3v) is 3.49. The Labute approximate surface area is 133 Å². The van der Waals surface area contributed by atoms with Gasteiger partial charge in [-0.05, 0) is 41.0 Å². The highest BCUT2D eigenvalue weighted by Crippen LogP contribution is 2.24. The van der Waals surface area contributed by atoms with E-state index in [-0.39, 0.29) is 5.75 Å². The van der Waals surface area contributed by atoms with E-state index in [9.17, 15) is 9.50 Å². The number of phenolic OH excluding ortho intramolecular Hbond substituents is 1. The minimum absolute atomic E-state index is 0.369. The molecule has 0 fully saturated rings. The first-order chi connectivity index (χ1) is 11.2. The lowest BCUT2D eigenvalue weighted by molar-refractivity contribution is 0.432. The van der Waals surface area contributed by atoms with Crippen LogP contribution in [0.3, 0.4) is 0 Å². The topological polar surface area (TPSA) is 59.8 Å². The van der Waals surface area contributed by atoms with Gasteiger partial charge < -0.3 is 10.1 Å². The Kier molecular flexibility index (Phi) is 3.94. The van der Waals surface area contributed by atoms with E-state index in [0.29, 0.717) is 11.3 Å². The summed E-state index contributed by atoms with van der Waals surface area (Å²) < 4.78 is 13.0. The summed E-state index contributed by atoms with van der Waals surface area (Å²) in [6, 6.07) is 15.9. The third kappa shape index (κ3) is 3.14. The number of hydrogen-bond acceptors (Lipinski definition) is 2. The molecule has 1 aromatic heterocycles. The fourth-order valence-electron chi connectivity index (χ4n) is 2.34. The normalized spacial score (nSPS) is 10.8. The zero-order valence-corrected chi connectivity index (χ0v) is 12.1. The van der Waals surface area contributed by atoms with Crippen molar-refractivity contribution in [1.29, 1.82) is 5.26 Å². The average molecular weight is 304 g/mol. The van der Waals surface area contributed by atoms with E-state index in [4.69, 9.17) is 5.26 Å². The van der Waals surface area contributed by atoms with Crippen molar-refractivity contribution in [3.63, 3.8) is 0 Å². The van der Waals surface area contributed by atoms with Crippen LogP contribution in [0.15, 0.2) is 54.7 Å². The monoisotopic (exact) mass is 304 g/mol. The van der Waals surface area contributed by atoms with Crippen LogP contribution in [0.25, 0.3) is 23.3 Å². The Balaban J connectivity index is 1.90. The number of halogens is 1. The molecule has 0 saturated carbocycles. The molecule has 0 radical (unpaired) electrons. The molecule has 0 saturated heterocycles. The first-order valence-electron chi connectivity index (χ1n) is 7.02. The van der Waals surface area contributed by atoms with Crippen LogP contribution in [0.5, 0.6) is 5.75 Å². The van der Waals surface area contributed by atoms with E-state index in [0.717, 1.165) is 16.7 Å². The molecule has 0 aliphatic heterocycles. The van der Waals surface area contributed by atoms with Gasteiger partial charge in [-0.3, -0.25) is 0 Å². The number of phenols is 1. The Hall–Kier alpha value is -3.32. The maximum atomic E-state index is 13.0. The third-order valence-electron chi connectivity index (χ3n) is 3.49. The number of hydrogen-bond donors (Lipinski definition) is 2. The van der Waals surface area contributed by atoms with Crippen LogP contribution in [0.2, 0.25) is 0 Å². The van der Waals surface area contributed by atoms with Gasteiger partial charge in [-0.25, -0.2) is 4.39 Å². The molecular weight excluding hydrogens is 291 g/mol.